The van der Waals surface area contributed by atoms with Crippen LogP contribution >= 0.6 is 11.8 Å². The largest absolute Gasteiger partial charge is 0.375 e. The standard InChI is InChI=1S/C18H20FNO2S/c1-3-23-17-10-5-4-9-15(17)18(21)20-12-16(22-2)13-7-6-8-14(19)11-13/h4-11,16H,3,12H2,1-2H3,(H,20,21). The van der Waals surface area contributed by atoms with Crippen LogP contribution < -0.4 is 5.32 Å². The summed E-state index contributed by atoms with van der Waals surface area (Å²) in [7, 11) is 1.54. The second-order valence-corrected chi connectivity index (χ2v) is 6.22. The van der Waals surface area contributed by atoms with Gasteiger partial charge in [0.2, 0.25) is 0 Å². The average Bonchev–Trinajstić information content (AvgIpc) is 2.56. The van der Waals surface area contributed by atoms with Crippen LogP contribution in [0.1, 0.15) is 28.9 Å². The molecule has 2 aromatic rings. The lowest BCUT2D eigenvalue weighted by molar-refractivity contribution is 0.0825. The summed E-state index contributed by atoms with van der Waals surface area (Å²) in [4.78, 5) is 13.4. The number of hydrogen-bond donors (Lipinski definition) is 1. The first-order chi connectivity index (χ1) is 11.2. The van der Waals surface area contributed by atoms with E-state index in [-0.39, 0.29) is 24.4 Å². The van der Waals surface area contributed by atoms with E-state index in [1.807, 2.05) is 25.1 Å². The van der Waals surface area contributed by atoms with Gasteiger partial charge in [0.1, 0.15) is 5.82 Å². The summed E-state index contributed by atoms with van der Waals surface area (Å²) >= 11 is 1.63. The summed E-state index contributed by atoms with van der Waals surface area (Å²) in [6, 6.07) is 13.7. The van der Waals surface area contributed by atoms with E-state index in [4.69, 9.17) is 4.74 Å². The highest BCUT2D eigenvalue weighted by molar-refractivity contribution is 7.99. The van der Waals surface area contributed by atoms with Gasteiger partial charge in [-0.3, -0.25) is 4.79 Å². The molecule has 0 bridgehead atoms. The van der Waals surface area contributed by atoms with Gasteiger partial charge in [0.25, 0.3) is 5.91 Å². The number of benzene rings is 2. The smallest absolute Gasteiger partial charge is 0.252 e. The molecule has 0 heterocycles. The predicted octanol–water partition coefficient (Wildman–Crippen LogP) is 4.06. The maximum atomic E-state index is 13.3. The van der Waals surface area contributed by atoms with Gasteiger partial charge in [-0.2, -0.15) is 0 Å². The molecule has 122 valence electrons. The van der Waals surface area contributed by atoms with Crippen molar-refractivity contribution in [3.63, 3.8) is 0 Å². The van der Waals surface area contributed by atoms with Crippen molar-refractivity contribution < 1.29 is 13.9 Å². The summed E-state index contributed by atoms with van der Waals surface area (Å²) < 4.78 is 18.7. The Labute approximate surface area is 140 Å². The van der Waals surface area contributed by atoms with Crippen molar-refractivity contribution in [2.75, 3.05) is 19.4 Å². The minimum absolute atomic E-state index is 0.153. The summed E-state index contributed by atoms with van der Waals surface area (Å²) in [5, 5.41) is 2.87. The van der Waals surface area contributed by atoms with Gasteiger partial charge in [0.15, 0.2) is 0 Å². The number of carbonyl (C=O) groups is 1. The summed E-state index contributed by atoms with van der Waals surface area (Å²) in [6.45, 7) is 2.33. The molecule has 0 saturated heterocycles. The van der Waals surface area contributed by atoms with Crippen molar-refractivity contribution in [2.24, 2.45) is 0 Å². The van der Waals surface area contributed by atoms with E-state index < -0.39 is 0 Å². The number of halogens is 1. The molecule has 0 aliphatic rings. The summed E-state index contributed by atoms with van der Waals surface area (Å²) in [5.74, 6) is 0.425. The third-order valence-electron chi connectivity index (χ3n) is 3.38. The van der Waals surface area contributed by atoms with E-state index >= 15 is 0 Å². The summed E-state index contributed by atoms with van der Waals surface area (Å²) in [6.07, 6.45) is -0.388. The van der Waals surface area contributed by atoms with Crippen LogP contribution in [0.2, 0.25) is 0 Å². The molecule has 0 saturated carbocycles. The highest BCUT2D eigenvalue weighted by Crippen LogP contribution is 2.22. The second-order valence-electron chi connectivity index (χ2n) is 4.92. The highest BCUT2D eigenvalue weighted by atomic mass is 32.2. The zero-order valence-corrected chi connectivity index (χ0v) is 14.0. The molecule has 0 spiro atoms. The maximum absolute atomic E-state index is 13.3. The van der Waals surface area contributed by atoms with Gasteiger partial charge in [-0.1, -0.05) is 31.2 Å². The van der Waals surface area contributed by atoms with Gasteiger partial charge in [-0.25, -0.2) is 4.39 Å². The molecule has 2 aromatic carbocycles. The van der Waals surface area contributed by atoms with Crippen LogP contribution in [0.3, 0.4) is 0 Å². The fourth-order valence-electron chi connectivity index (χ4n) is 2.26. The third kappa shape index (κ3) is 4.81. The molecule has 1 unspecified atom stereocenters. The zero-order valence-electron chi connectivity index (χ0n) is 13.2. The Bertz CT molecular complexity index is 663. The lowest BCUT2D eigenvalue weighted by atomic mass is 10.1. The van der Waals surface area contributed by atoms with Gasteiger partial charge in [0.05, 0.1) is 11.7 Å². The van der Waals surface area contributed by atoms with Gasteiger partial charge < -0.3 is 10.1 Å². The number of methoxy groups -OCH3 is 1. The van der Waals surface area contributed by atoms with Crippen LogP contribution in [0.4, 0.5) is 4.39 Å². The number of thioether (sulfide) groups is 1. The molecular weight excluding hydrogens is 313 g/mol. The molecule has 0 aliphatic heterocycles. The Balaban J connectivity index is 2.05. The molecule has 1 amide bonds. The van der Waals surface area contributed by atoms with Crippen molar-refractivity contribution in [3.05, 3.63) is 65.5 Å². The topological polar surface area (TPSA) is 38.3 Å². The van der Waals surface area contributed by atoms with E-state index in [2.05, 4.69) is 5.32 Å². The van der Waals surface area contributed by atoms with E-state index in [0.29, 0.717) is 11.1 Å². The fraction of sp³-hybridized carbons (Fsp3) is 0.278. The Kier molecular flexibility index (Phi) is 6.62. The second kappa shape index (κ2) is 8.70. The average molecular weight is 333 g/mol. The molecular formula is C18H20FNO2S. The van der Waals surface area contributed by atoms with Crippen molar-refractivity contribution in [1.29, 1.82) is 0 Å². The molecule has 3 nitrogen and oxygen atoms in total. The fourth-order valence-corrected chi connectivity index (χ4v) is 3.06. The number of carbonyl (C=O) groups excluding carboxylic acids is 1. The van der Waals surface area contributed by atoms with E-state index in [0.717, 1.165) is 10.6 Å². The van der Waals surface area contributed by atoms with Crippen LogP contribution in [0.15, 0.2) is 53.4 Å². The van der Waals surface area contributed by atoms with Crippen LogP contribution in [-0.4, -0.2) is 25.3 Å². The predicted molar refractivity (Wildman–Crippen MR) is 91.3 cm³/mol. The number of rotatable bonds is 7. The van der Waals surface area contributed by atoms with E-state index in [1.165, 1.54) is 12.1 Å². The molecule has 0 fully saturated rings. The van der Waals surface area contributed by atoms with Crippen molar-refractivity contribution in [2.45, 2.75) is 17.9 Å². The summed E-state index contributed by atoms with van der Waals surface area (Å²) in [5.41, 5.74) is 1.34. The minimum atomic E-state index is -0.388. The van der Waals surface area contributed by atoms with Gasteiger partial charge in [-0.15, -0.1) is 11.8 Å². The number of ether oxygens (including phenoxy) is 1. The van der Waals surface area contributed by atoms with Crippen LogP contribution in [0.5, 0.6) is 0 Å². The Morgan fingerprint density at radius 2 is 2.04 bits per heavy atom. The normalized spacial score (nSPS) is 12.0. The quantitative estimate of drug-likeness (QED) is 0.777. The van der Waals surface area contributed by atoms with E-state index in [9.17, 15) is 9.18 Å². The van der Waals surface area contributed by atoms with Crippen LogP contribution in [-0.2, 0) is 4.74 Å². The molecule has 0 aliphatic carbocycles. The molecule has 0 radical (unpaired) electrons. The van der Waals surface area contributed by atoms with Crippen LogP contribution in [0, 0.1) is 5.82 Å². The van der Waals surface area contributed by atoms with E-state index in [1.54, 1.807) is 37.1 Å². The number of hydrogen-bond acceptors (Lipinski definition) is 3. The van der Waals surface area contributed by atoms with Crippen molar-refractivity contribution in [3.8, 4) is 0 Å². The first-order valence-electron chi connectivity index (χ1n) is 7.44. The lowest BCUT2D eigenvalue weighted by Gasteiger charge is -2.17. The Morgan fingerprint density at radius 1 is 1.26 bits per heavy atom. The van der Waals surface area contributed by atoms with Crippen molar-refractivity contribution in [1.82, 2.24) is 5.32 Å². The molecule has 1 N–H and O–H groups in total. The van der Waals surface area contributed by atoms with Crippen LogP contribution in [0.25, 0.3) is 0 Å². The van der Waals surface area contributed by atoms with Crippen molar-refractivity contribution >= 4 is 17.7 Å². The molecule has 23 heavy (non-hydrogen) atoms. The number of amides is 1. The molecule has 5 heteroatoms. The Morgan fingerprint density at radius 3 is 2.74 bits per heavy atom. The van der Waals surface area contributed by atoms with Gasteiger partial charge >= 0.3 is 0 Å². The SMILES string of the molecule is CCSc1ccccc1C(=O)NCC(OC)c1cccc(F)c1. The zero-order chi connectivity index (χ0) is 16.7. The maximum Gasteiger partial charge on any atom is 0.252 e. The first-order valence-corrected chi connectivity index (χ1v) is 8.42. The van der Waals surface area contributed by atoms with Gasteiger partial charge in [0, 0.05) is 18.6 Å². The highest BCUT2D eigenvalue weighted by Gasteiger charge is 2.15. The molecule has 2 rings (SSSR count). The lowest BCUT2D eigenvalue weighted by Crippen LogP contribution is -2.29. The monoisotopic (exact) mass is 333 g/mol. The van der Waals surface area contributed by atoms with Gasteiger partial charge in [-0.05, 0) is 35.6 Å². The minimum Gasteiger partial charge on any atom is -0.375 e. The molecule has 1 atom stereocenters. The third-order valence-corrected chi connectivity index (χ3v) is 4.34. The Hall–Kier alpha value is -1.85. The number of nitrogens with one attached hydrogen (secondary N) is 1. The first kappa shape index (κ1) is 17.5. The molecule has 0 aromatic heterocycles.